The van der Waals surface area contributed by atoms with Gasteiger partial charge >= 0.3 is 0 Å². The van der Waals surface area contributed by atoms with E-state index in [0.717, 1.165) is 31.8 Å². The van der Waals surface area contributed by atoms with Crippen LogP contribution in [0.25, 0.3) is 0 Å². The van der Waals surface area contributed by atoms with Crippen molar-refractivity contribution in [3.8, 4) is 0 Å². The van der Waals surface area contributed by atoms with E-state index in [4.69, 9.17) is 0 Å². The van der Waals surface area contributed by atoms with Crippen LogP contribution < -0.4 is 5.32 Å². The average molecular weight is 331 g/mol. The Balaban J connectivity index is 2.07. The second-order valence-corrected chi connectivity index (χ2v) is 9.70. The van der Waals surface area contributed by atoms with E-state index in [9.17, 15) is 13.5 Å². The van der Waals surface area contributed by atoms with Gasteiger partial charge in [0.1, 0.15) is 0 Å². The van der Waals surface area contributed by atoms with E-state index >= 15 is 0 Å². The molecule has 2 atom stereocenters. The van der Waals surface area contributed by atoms with E-state index in [2.05, 4.69) is 10.3 Å². The molecule has 1 aliphatic carbocycles. The third-order valence-electron chi connectivity index (χ3n) is 4.77. The molecule has 22 heavy (non-hydrogen) atoms. The Morgan fingerprint density at radius 1 is 1.41 bits per heavy atom. The maximum absolute atomic E-state index is 12.1. The van der Waals surface area contributed by atoms with Crippen LogP contribution in [0.2, 0.25) is 0 Å². The van der Waals surface area contributed by atoms with Crippen LogP contribution in [0.5, 0.6) is 0 Å². The molecule has 2 rings (SSSR count). The number of aliphatic imine (C=N–C) groups is 1. The molecular weight excluding hydrogens is 302 g/mol. The van der Waals surface area contributed by atoms with E-state index < -0.39 is 14.6 Å². The molecule has 0 spiro atoms. The first-order valence-electron chi connectivity index (χ1n) is 8.20. The molecule has 0 aromatic heterocycles. The summed E-state index contributed by atoms with van der Waals surface area (Å²) in [6.45, 7) is 7.84. The largest absolute Gasteiger partial charge is 0.393 e. The first-order valence-corrected chi connectivity index (χ1v) is 9.85. The molecule has 0 radical (unpaired) electrons. The van der Waals surface area contributed by atoms with Gasteiger partial charge in [-0.1, -0.05) is 6.42 Å². The predicted molar refractivity (Wildman–Crippen MR) is 88.8 cm³/mol. The zero-order valence-electron chi connectivity index (χ0n) is 13.9. The van der Waals surface area contributed by atoms with Crippen molar-refractivity contribution in [2.75, 3.05) is 31.9 Å². The van der Waals surface area contributed by atoms with Crippen molar-refractivity contribution < 1.29 is 13.5 Å². The minimum atomic E-state index is -3.05. The third-order valence-corrected chi connectivity index (χ3v) is 7.31. The molecule has 1 heterocycles. The van der Waals surface area contributed by atoms with Crippen LogP contribution in [0.15, 0.2) is 4.99 Å². The summed E-state index contributed by atoms with van der Waals surface area (Å²) in [6, 6.07) is 0. The zero-order valence-corrected chi connectivity index (χ0v) is 14.7. The first kappa shape index (κ1) is 17.5. The Morgan fingerprint density at radius 3 is 2.68 bits per heavy atom. The van der Waals surface area contributed by atoms with Crippen molar-refractivity contribution in [2.24, 2.45) is 10.9 Å². The third kappa shape index (κ3) is 3.74. The minimum Gasteiger partial charge on any atom is -0.393 e. The molecule has 128 valence electrons. The highest BCUT2D eigenvalue weighted by Gasteiger charge is 2.41. The van der Waals surface area contributed by atoms with Crippen molar-refractivity contribution in [1.29, 1.82) is 0 Å². The molecule has 6 nitrogen and oxygen atoms in total. The van der Waals surface area contributed by atoms with Crippen LogP contribution in [-0.4, -0.2) is 67.2 Å². The number of sulfone groups is 1. The van der Waals surface area contributed by atoms with Gasteiger partial charge in [-0.3, -0.25) is 4.99 Å². The number of nitrogens with zero attached hydrogens (tertiary/aromatic N) is 2. The summed E-state index contributed by atoms with van der Waals surface area (Å²) in [5.41, 5.74) is 0. The quantitative estimate of drug-likeness (QED) is 0.585. The SMILES string of the molecule is CCNC(=NCC1CCCC1O)N1CCS(=O)(=O)C(C)(C)C1. The molecule has 2 N–H and O–H groups in total. The summed E-state index contributed by atoms with van der Waals surface area (Å²) in [5, 5.41) is 13.2. The van der Waals surface area contributed by atoms with Gasteiger partial charge in [0.05, 0.1) is 16.6 Å². The molecule has 1 saturated carbocycles. The molecule has 0 amide bonds. The standard InChI is InChI=1S/C15H29N3O3S/c1-4-16-14(17-10-12-6-5-7-13(12)19)18-8-9-22(20,21)15(2,3)11-18/h12-13,19H,4-11H2,1-3H3,(H,16,17). The van der Waals surface area contributed by atoms with Gasteiger partial charge in [0, 0.05) is 32.1 Å². The first-order chi connectivity index (χ1) is 10.3. The Kier molecular flexibility index (Phi) is 5.37. The highest BCUT2D eigenvalue weighted by Crippen LogP contribution is 2.26. The molecule has 1 aliphatic heterocycles. The molecule has 2 unspecified atom stereocenters. The molecule has 0 aromatic rings. The lowest BCUT2D eigenvalue weighted by atomic mass is 10.1. The van der Waals surface area contributed by atoms with E-state index in [1.54, 1.807) is 13.8 Å². The molecule has 1 saturated heterocycles. The predicted octanol–water partition coefficient (Wildman–Crippen LogP) is 0.622. The number of hydrogen-bond donors (Lipinski definition) is 2. The Bertz CT molecular complexity index is 516. The van der Waals surface area contributed by atoms with Gasteiger partial charge in [0.15, 0.2) is 15.8 Å². The van der Waals surface area contributed by atoms with Crippen LogP contribution in [-0.2, 0) is 9.84 Å². The second-order valence-electron chi connectivity index (χ2n) is 6.95. The molecule has 0 aromatic carbocycles. The summed E-state index contributed by atoms with van der Waals surface area (Å²) in [5.74, 6) is 1.16. The molecular formula is C15H29N3O3S. The number of nitrogens with one attached hydrogen (secondary N) is 1. The van der Waals surface area contributed by atoms with Crippen LogP contribution in [0.3, 0.4) is 0 Å². The lowest BCUT2D eigenvalue weighted by Crippen LogP contribution is -2.57. The van der Waals surface area contributed by atoms with Crippen LogP contribution in [0.1, 0.15) is 40.0 Å². The monoisotopic (exact) mass is 331 g/mol. The van der Waals surface area contributed by atoms with Crippen molar-refractivity contribution in [3.63, 3.8) is 0 Å². The number of guanidine groups is 1. The fourth-order valence-electron chi connectivity index (χ4n) is 3.18. The van der Waals surface area contributed by atoms with E-state index in [-0.39, 0.29) is 17.8 Å². The van der Waals surface area contributed by atoms with E-state index in [1.807, 2.05) is 11.8 Å². The fraction of sp³-hybridized carbons (Fsp3) is 0.933. The lowest BCUT2D eigenvalue weighted by molar-refractivity contribution is 0.136. The van der Waals surface area contributed by atoms with Gasteiger partial charge in [-0.25, -0.2) is 8.42 Å². The Morgan fingerprint density at radius 2 is 2.14 bits per heavy atom. The van der Waals surface area contributed by atoms with Crippen molar-refractivity contribution in [3.05, 3.63) is 0 Å². The summed E-state index contributed by atoms with van der Waals surface area (Å²) < 4.78 is 23.5. The minimum absolute atomic E-state index is 0.163. The van der Waals surface area contributed by atoms with Gasteiger partial charge in [0.25, 0.3) is 0 Å². The van der Waals surface area contributed by atoms with Gasteiger partial charge in [-0.15, -0.1) is 0 Å². The van der Waals surface area contributed by atoms with Gasteiger partial charge in [-0.05, 0) is 33.6 Å². The summed E-state index contributed by atoms with van der Waals surface area (Å²) in [6.07, 6.45) is 2.70. The maximum atomic E-state index is 12.1. The molecule has 7 heteroatoms. The number of aliphatic hydroxyl groups is 1. The Hall–Kier alpha value is -0.820. The Labute approximate surface area is 133 Å². The van der Waals surface area contributed by atoms with Crippen molar-refractivity contribution in [2.45, 2.75) is 50.9 Å². The summed E-state index contributed by atoms with van der Waals surface area (Å²) >= 11 is 0. The lowest BCUT2D eigenvalue weighted by Gasteiger charge is -2.39. The number of hydrogen-bond acceptors (Lipinski definition) is 4. The van der Waals surface area contributed by atoms with Crippen molar-refractivity contribution >= 4 is 15.8 Å². The maximum Gasteiger partial charge on any atom is 0.194 e. The highest BCUT2D eigenvalue weighted by molar-refractivity contribution is 7.92. The van der Waals surface area contributed by atoms with Crippen LogP contribution in [0, 0.1) is 5.92 Å². The van der Waals surface area contributed by atoms with Crippen LogP contribution in [0.4, 0.5) is 0 Å². The normalized spacial score (nSPS) is 31.3. The van der Waals surface area contributed by atoms with Crippen molar-refractivity contribution in [1.82, 2.24) is 10.2 Å². The zero-order chi connectivity index (χ0) is 16.4. The fourth-order valence-corrected chi connectivity index (χ4v) is 4.55. The second kappa shape index (κ2) is 6.74. The van der Waals surface area contributed by atoms with Gasteiger partial charge < -0.3 is 15.3 Å². The summed E-state index contributed by atoms with van der Waals surface area (Å²) in [7, 11) is -3.05. The molecule has 2 aliphatic rings. The number of rotatable bonds is 3. The van der Waals surface area contributed by atoms with Gasteiger partial charge in [-0.2, -0.15) is 0 Å². The topological polar surface area (TPSA) is 82.0 Å². The smallest absolute Gasteiger partial charge is 0.194 e. The average Bonchev–Trinajstić information content (AvgIpc) is 2.83. The number of aliphatic hydroxyl groups excluding tert-OH is 1. The molecule has 0 bridgehead atoms. The van der Waals surface area contributed by atoms with Gasteiger partial charge in [0.2, 0.25) is 0 Å². The van der Waals surface area contributed by atoms with Crippen LogP contribution >= 0.6 is 0 Å². The summed E-state index contributed by atoms with van der Waals surface area (Å²) in [4.78, 5) is 6.69. The van der Waals surface area contributed by atoms with E-state index in [1.165, 1.54) is 0 Å². The highest BCUT2D eigenvalue weighted by atomic mass is 32.2. The molecule has 2 fully saturated rings. The van der Waals surface area contributed by atoms with E-state index in [0.29, 0.717) is 19.6 Å².